The lowest BCUT2D eigenvalue weighted by Crippen LogP contribution is -2.43. The third-order valence-electron chi connectivity index (χ3n) is 5.34. The van der Waals surface area contributed by atoms with Crippen molar-refractivity contribution in [1.29, 1.82) is 0 Å². The zero-order valence-corrected chi connectivity index (χ0v) is 18.9. The number of ether oxygens (including phenoxy) is 2. The van der Waals surface area contributed by atoms with E-state index >= 15 is 0 Å². The van der Waals surface area contributed by atoms with Gasteiger partial charge in [0.1, 0.15) is 6.04 Å². The Kier molecular flexibility index (Phi) is 7.21. The highest BCUT2D eigenvalue weighted by atomic mass is 32.1. The zero-order valence-electron chi connectivity index (χ0n) is 18.1. The molecular formula is C24H27N3O4S. The van der Waals surface area contributed by atoms with Crippen molar-refractivity contribution in [3.8, 4) is 11.5 Å². The van der Waals surface area contributed by atoms with E-state index < -0.39 is 6.04 Å². The van der Waals surface area contributed by atoms with E-state index in [4.69, 9.17) is 9.47 Å². The molecule has 4 rings (SSSR count). The van der Waals surface area contributed by atoms with Gasteiger partial charge in [-0.05, 0) is 50.5 Å². The summed E-state index contributed by atoms with van der Waals surface area (Å²) in [6.45, 7) is 3.50. The molecule has 0 spiro atoms. The lowest BCUT2D eigenvalue weighted by atomic mass is 10.2. The minimum atomic E-state index is -0.450. The summed E-state index contributed by atoms with van der Waals surface area (Å²) < 4.78 is 12.4. The van der Waals surface area contributed by atoms with Gasteiger partial charge in [0, 0.05) is 13.0 Å². The van der Waals surface area contributed by atoms with Crippen molar-refractivity contribution in [1.82, 2.24) is 9.88 Å². The lowest BCUT2D eigenvalue weighted by molar-refractivity contribution is -0.136. The summed E-state index contributed by atoms with van der Waals surface area (Å²) in [6, 6.07) is 14.8. The molecule has 32 heavy (non-hydrogen) atoms. The molecule has 0 aliphatic carbocycles. The molecule has 1 aliphatic heterocycles. The first-order valence-electron chi connectivity index (χ1n) is 11.0. The average molecular weight is 454 g/mol. The fraction of sp³-hybridized carbons (Fsp3) is 0.375. The van der Waals surface area contributed by atoms with E-state index in [2.05, 4.69) is 10.3 Å². The predicted molar refractivity (Wildman–Crippen MR) is 125 cm³/mol. The van der Waals surface area contributed by atoms with Crippen LogP contribution in [0.25, 0.3) is 10.2 Å². The summed E-state index contributed by atoms with van der Waals surface area (Å²) in [6.07, 6.45) is 2.40. The van der Waals surface area contributed by atoms with Gasteiger partial charge in [0.25, 0.3) is 0 Å². The fourth-order valence-electron chi connectivity index (χ4n) is 3.85. The van der Waals surface area contributed by atoms with Crippen LogP contribution in [-0.4, -0.2) is 47.5 Å². The minimum absolute atomic E-state index is 0.0198. The summed E-state index contributed by atoms with van der Waals surface area (Å²) in [5.41, 5.74) is 0.859. The summed E-state index contributed by atoms with van der Waals surface area (Å²) in [7, 11) is 0. The van der Waals surface area contributed by atoms with Crippen LogP contribution < -0.4 is 14.8 Å². The molecular weight excluding hydrogens is 426 g/mol. The number of hydrogen-bond donors (Lipinski definition) is 1. The average Bonchev–Trinajstić information content (AvgIpc) is 3.44. The zero-order chi connectivity index (χ0) is 22.3. The van der Waals surface area contributed by atoms with Crippen LogP contribution >= 0.6 is 11.3 Å². The maximum Gasteiger partial charge on any atom is 0.248 e. The van der Waals surface area contributed by atoms with Crippen molar-refractivity contribution < 1.29 is 19.1 Å². The number of fused-ring (bicyclic) bond motifs is 1. The Morgan fingerprint density at radius 3 is 2.66 bits per heavy atom. The van der Waals surface area contributed by atoms with Crippen LogP contribution in [0.3, 0.4) is 0 Å². The Morgan fingerprint density at radius 1 is 1.12 bits per heavy atom. The predicted octanol–water partition coefficient (Wildman–Crippen LogP) is 4.48. The number of hydrogen-bond acceptors (Lipinski definition) is 6. The number of benzene rings is 2. The monoisotopic (exact) mass is 453 g/mol. The first-order chi connectivity index (χ1) is 15.7. The Labute approximate surface area is 191 Å². The molecule has 1 aliphatic rings. The number of aromatic nitrogens is 1. The third-order valence-corrected chi connectivity index (χ3v) is 6.29. The highest BCUT2D eigenvalue weighted by Gasteiger charge is 2.34. The number of para-hydroxylation sites is 3. The summed E-state index contributed by atoms with van der Waals surface area (Å²) in [4.78, 5) is 31.8. The van der Waals surface area contributed by atoms with Gasteiger partial charge in [0.2, 0.25) is 11.8 Å². The SMILES string of the molecule is CCOc1ccccc1OCCCC(=O)N1CCCC1C(=O)Nc1nc2ccccc2s1. The molecule has 168 valence electrons. The molecule has 8 heteroatoms. The van der Waals surface area contributed by atoms with Gasteiger partial charge in [-0.1, -0.05) is 35.6 Å². The van der Waals surface area contributed by atoms with Gasteiger partial charge in [-0.3, -0.25) is 9.59 Å². The molecule has 1 atom stereocenters. The van der Waals surface area contributed by atoms with Gasteiger partial charge in [-0.2, -0.15) is 0 Å². The number of carbonyl (C=O) groups is 2. The second-order valence-corrected chi connectivity index (χ2v) is 8.58. The molecule has 0 saturated carbocycles. The van der Waals surface area contributed by atoms with Gasteiger partial charge >= 0.3 is 0 Å². The highest BCUT2D eigenvalue weighted by Crippen LogP contribution is 2.28. The largest absolute Gasteiger partial charge is 0.490 e. The molecule has 1 aromatic heterocycles. The number of likely N-dealkylation sites (tertiary alicyclic amines) is 1. The van der Waals surface area contributed by atoms with E-state index in [1.807, 2.05) is 55.5 Å². The molecule has 2 amide bonds. The quantitative estimate of drug-likeness (QED) is 0.483. The fourth-order valence-corrected chi connectivity index (χ4v) is 4.71. The number of rotatable bonds is 9. The number of amides is 2. The third kappa shape index (κ3) is 5.19. The van der Waals surface area contributed by atoms with Crippen LogP contribution in [0.4, 0.5) is 5.13 Å². The van der Waals surface area contributed by atoms with Crippen molar-refractivity contribution in [2.45, 2.75) is 38.6 Å². The van der Waals surface area contributed by atoms with E-state index in [0.29, 0.717) is 55.7 Å². The first kappa shape index (κ1) is 22.1. The summed E-state index contributed by atoms with van der Waals surface area (Å²) >= 11 is 1.44. The van der Waals surface area contributed by atoms with Crippen molar-refractivity contribution in [2.75, 3.05) is 25.1 Å². The number of thiazole rings is 1. The Bertz CT molecular complexity index is 1050. The van der Waals surface area contributed by atoms with Crippen molar-refractivity contribution in [3.63, 3.8) is 0 Å². The second-order valence-electron chi connectivity index (χ2n) is 7.55. The maximum absolute atomic E-state index is 12.8. The summed E-state index contributed by atoms with van der Waals surface area (Å²) in [5.74, 6) is 1.19. The van der Waals surface area contributed by atoms with Crippen LogP contribution in [0.2, 0.25) is 0 Å². The normalized spacial score (nSPS) is 15.7. The molecule has 0 bridgehead atoms. The van der Waals surface area contributed by atoms with Gasteiger partial charge in [-0.15, -0.1) is 0 Å². The second kappa shape index (κ2) is 10.5. The number of carbonyl (C=O) groups excluding carboxylic acids is 2. The minimum Gasteiger partial charge on any atom is -0.490 e. The molecule has 0 radical (unpaired) electrons. The Balaban J connectivity index is 1.28. The molecule has 1 unspecified atom stereocenters. The van der Waals surface area contributed by atoms with Crippen molar-refractivity contribution in [2.24, 2.45) is 0 Å². The smallest absolute Gasteiger partial charge is 0.248 e. The molecule has 7 nitrogen and oxygen atoms in total. The lowest BCUT2D eigenvalue weighted by Gasteiger charge is -2.23. The molecule has 2 aromatic carbocycles. The number of nitrogens with zero attached hydrogens (tertiary/aromatic N) is 2. The summed E-state index contributed by atoms with van der Waals surface area (Å²) in [5, 5.41) is 3.47. The number of anilines is 1. The molecule has 1 saturated heterocycles. The number of nitrogens with one attached hydrogen (secondary N) is 1. The van der Waals surface area contributed by atoms with Gasteiger partial charge in [0.15, 0.2) is 16.6 Å². The van der Waals surface area contributed by atoms with Crippen LogP contribution in [0.5, 0.6) is 11.5 Å². The van der Waals surface area contributed by atoms with Crippen molar-refractivity contribution in [3.05, 3.63) is 48.5 Å². The standard InChI is InChI=1S/C24H27N3O4S/c1-2-30-19-11-4-5-12-20(19)31-16-8-14-22(28)27-15-7-10-18(27)23(29)26-24-25-17-9-3-6-13-21(17)32-24/h3-6,9,11-13,18H,2,7-8,10,14-16H2,1H3,(H,25,26,29). The topological polar surface area (TPSA) is 80.8 Å². The van der Waals surface area contributed by atoms with Crippen LogP contribution in [0, 0.1) is 0 Å². The van der Waals surface area contributed by atoms with E-state index in [0.717, 1.165) is 16.6 Å². The van der Waals surface area contributed by atoms with Gasteiger partial charge < -0.3 is 19.7 Å². The van der Waals surface area contributed by atoms with E-state index in [-0.39, 0.29) is 11.8 Å². The molecule has 1 fully saturated rings. The van der Waals surface area contributed by atoms with Gasteiger partial charge in [-0.25, -0.2) is 4.98 Å². The highest BCUT2D eigenvalue weighted by molar-refractivity contribution is 7.22. The van der Waals surface area contributed by atoms with Crippen molar-refractivity contribution >= 4 is 38.5 Å². The molecule has 3 aromatic rings. The van der Waals surface area contributed by atoms with Crippen LogP contribution in [0.1, 0.15) is 32.6 Å². The Hall–Kier alpha value is -3.13. The van der Waals surface area contributed by atoms with Gasteiger partial charge in [0.05, 0.1) is 23.4 Å². The van der Waals surface area contributed by atoms with Crippen LogP contribution in [0.15, 0.2) is 48.5 Å². The van der Waals surface area contributed by atoms with E-state index in [9.17, 15) is 9.59 Å². The first-order valence-corrected chi connectivity index (χ1v) is 11.8. The molecule has 1 N–H and O–H groups in total. The molecule has 2 heterocycles. The van der Waals surface area contributed by atoms with E-state index in [1.54, 1.807) is 4.90 Å². The Morgan fingerprint density at radius 2 is 1.88 bits per heavy atom. The maximum atomic E-state index is 12.8. The van der Waals surface area contributed by atoms with E-state index in [1.165, 1.54) is 11.3 Å². The van der Waals surface area contributed by atoms with Crippen LogP contribution in [-0.2, 0) is 9.59 Å².